The molecule has 0 bridgehead atoms. The zero-order chi connectivity index (χ0) is 41.1. The SMILES string of the molecule is Cc1cc(-n2c3ccccc3c3ccc4c(c32)-c2c(ccc3ccccc23)C4(C)C)c(C#N)cc1-n1c2ccccc2c2ccc3c(c21)-c1c(ccc2ccccc12)C3(C)C. The van der Waals surface area contributed by atoms with Crippen LogP contribution in [0.4, 0.5) is 0 Å². The number of para-hydroxylation sites is 2. The van der Waals surface area contributed by atoms with E-state index in [1.807, 2.05) is 0 Å². The lowest BCUT2D eigenvalue weighted by Crippen LogP contribution is -2.15. The van der Waals surface area contributed by atoms with Gasteiger partial charge in [0, 0.05) is 43.5 Å². The molecule has 0 atom stereocenters. The van der Waals surface area contributed by atoms with Crippen molar-refractivity contribution in [2.75, 3.05) is 0 Å². The standard InChI is InChI=1S/C58H41N3/c1-33-30-50(61-48-21-13-11-19-40(48)42-25-29-46-54(56(42)61)52-38-17-9-7-15-35(38)23-27-44(52)58(46,4)5)36(32-59)31-49(33)60-47-20-12-10-18-39(47)41-24-28-45-53(55(41)60)51-37-16-8-6-14-34(37)22-26-43(51)57(45,2)3/h6-31H,1-5H3. The molecule has 3 heteroatoms. The van der Waals surface area contributed by atoms with E-state index in [0.717, 1.165) is 33.5 Å². The molecule has 0 saturated carbocycles. The Hall–Kier alpha value is -7.41. The van der Waals surface area contributed by atoms with Crippen LogP contribution < -0.4 is 0 Å². The van der Waals surface area contributed by atoms with Gasteiger partial charge in [0.2, 0.25) is 0 Å². The second kappa shape index (κ2) is 11.7. The van der Waals surface area contributed by atoms with Crippen molar-refractivity contribution in [3.63, 3.8) is 0 Å². The fourth-order valence-corrected chi connectivity index (χ4v) is 11.8. The molecule has 2 aliphatic rings. The molecule has 0 radical (unpaired) electrons. The van der Waals surface area contributed by atoms with E-state index in [9.17, 15) is 5.26 Å². The summed E-state index contributed by atoms with van der Waals surface area (Å²) >= 11 is 0. The second-order valence-electron chi connectivity index (χ2n) is 18.4. The number of nitrogens with zero attached hydrogens (tertiary/aromatic N) is 3. The van der Waals surface area contributed by atoms with Crippen molar-refractivity contribution in [2.45, 2.75) is 45.4 Å². The lowest BCUT2D eigenvalue weighted by molar-refractivity contribution is 0.661. The van der Waals surface area contributed by atoms with Crippen molar-refractivity contribution in [3.8, 4) is 39.7 Å². The first-order chi connectivity index (χ1) is 29.7. The molecule has 0 aliphatic heterocycles. The molecule has 61 heavy (non-hydrogen) atoms. The normalized spacial score (nSPS) is 14.6. The summed E-state index contributed by atoms with van der Waals surface area (Å²) < 4.78 is 4.87. The largest absolute Gasteiger partial charge is 0.308 e. The van der Waals surface area contributed by atoms with Gasteiger partial charge < -0.3 is 9.13 Å². The minimum absolute atomic E-state index is 0.184. The molecule has 9 aromatic carbocycles. The summed E-state index contributed by atoms with van der Waals surface area (Å²) in [4.78, 5) is 0. The maximum Gasteiger partial charge on any atom is 0.101 e. The van der Waals surface area contributed by atoms with Crippen LogP contribution in [-0.4, -0.2) is 9.13 Å². The van der Waals surface area contributed by atoms with Crippen molar-refractivity contribution >= 4 is 65.2 Å². The first-order valence-electron chi connectivity index (χ1n) is 21.4. The maximum atomic E-state index is 11.4. The van der Waals surface area contributed by atoms with E-state index in [2.05, 4.69) is 208 Å². The minimum Gasteiger partial charge on any atom is -0.308 e. The van der Waals surface area contributed by atoms with Crippen LogP contribution >= 0.6 is 0 Å². The molecule has 0 fully saturated rings. The number of rotatable bonds is 2. The summed E-state index contributed by atoms with van der Waals surface area (Å²) in [5, 5.41) is 21.2. The van der Waals surface area contributed by atoms with Gasteiger partial charge >= 0.3 is 0 Å². The quantitative estimate of drug-likeness (QED) is 0.172. The summed E-state index contributed by atoms with van der Waals surface area (Å²) in [5.41, 5.74) is 18.4. The third kappa shape index (κ3) is 4.22. The summed E-state index contributed by atoms with van der Waals surface area (Å²) in [6, 6.07) is 60.9. The lowest BCUT2D eigenvalue weighted by Gasteiger charge is -2.22. The molecule has 2 aromatic heterocycles. The predicted octanol–water partition coefficient (Wildman–Crippen LogP) is 15.0. The Balaban J connectivity index is 1.15. The van der Waals surface area contributed by atoms with Gasteiger partial charge in [-0.25, -0.2) is 0 Å². The fraction of sp³-hybridized carbons (Fsp3) is 0.121. The van der Waals surface area contributed by atoms with E-state index in [4.69, 9.17) is 0 Å². The van der Waals surface area contributed by atoms with E-state index in [1.54, 1.807) is 0 Å². The van der Waals surface area contributed by atoms with Gasteiger partial charge in [-0.15, -0.1) is 0 Å². The second-order valence-corrected chi connectivity index (χ2v) is 18.4. The third-order valence-corrected chi connectivity index (χ3v) is 14.6. The number of hydrogen-bond donors (Lipinski definition) is 0. The van der Waals surface area contributed by atoms with Gasteiger partial charge in [-0.05, 0) is 91.7 Å². The average molecular weight is 780 g/mol. The Kier molecular flexibility index (Phi) is 6.58. The topological polar surface area (TPSA) is 33.6 Å². The van der Waals surface area contributed by atoms with Crippen LogP contribution in [0.3, 0.4) is 0 Å². The molecule has 3 nitrogen and oxygen atoms in total. The summed E-state index contributed by atoms with van der Waals surface area (Å²) in [7, 11) is 0. The van der Waals surface area contributed by atoms with Gasteiger partial charge in [0.05, 0.1) is 39.0 Å². The minimum atomic E-state index is -0.197. The highest BCUT2D eigenvalue weighted by Gasteiger charge is 2.40. The van der Waals surface area contributed by atoms with E-state index < -0.39 is 0 Å². The van der Waals surface area contributed by atoms with Gasteiger partial charge in [0.25, 0.3) is 0 Å². The fourth-order valence-electron chi connectivity index (χ4n) is 11.8. The molecular weight excluding hydrogens is 739 g/mol. The van der Waals surface area contributed by atoms with Crippen molar-refractivity contribution < 1.29 is 0 Å². The first-order valence-corrected chi connectivity index (χ1v) is 21.4. The van der Waals surface area contributed by atoms with Crippen molar-refractivity contribution in [3.05, 3.63) is 191 Å². The summed E-state index contributed by atoms with van der Waals surface area (Å²) in [6.45, 7) is 11.7. The van der Waals surface area contributed by atoms with Crippen molar-refractivity contribution in [1.82, 2.24) is 9.13 Å². The Morgan fingerprint density at radius 2 is 0.820 bits per heavy atom. The Morgan fingerprint density at radius 1 is 0.410 bits per heavy atom. The van der Waals surface area contributed by atoms with Gasteiger partial charge in [0.1, 0.15) is 6.07 Å². The molecule has 13 rings (SSSR count). The molecule has 11 aromatic rings. The van der Waals surface area contributed by atoms with Crippen molar-refractivity contribution in [1.29, 1.82) is 5.26 Å². The van der Waals surface area contributed by atoms with Gasteiger partial charge in [0.15, 0.2) is 0 Å². The van der Waals surface area contributed by atoms with Crippen LogP contribution in [-0.2, 0) is 10.8 Å². The van der Waals surface area contributed by atoms with E-state index in [1.165, 1.54) is 93.1 Å². The molecule has 0 unspecified atom stereocenters. The smallest absolute Gasteiger partial charge is 0.101 e. The Bertz CT molecular complexity index is 3840. The molecule has 2 aliphatic carbocycles. The van der Waals surface area contributed by atoms with E-state index in [0.29, 0.717) is 5.56 Å². The molecule has 288 valence electrons. The molecule has 0 amide bonds. The zero-order valence-electron chi connectivity index (χ0n) is 34.9. The maximum absolute atomic E-state index is 11.4. The number of fused-ring (bicyclic) bond motifs is 18. The average Bonchev–Trinajstić information content (AvgIpc) is 3.95. The monoisotopic (exact) mass is 779 g/mol. The highest BCUT2D eigenvalue weighted by atomic mass is 15.0. The number of hydrogen-bond acceptors (Lipinski definition) is 1. The van der Waals surface area contributed by atoms with Crippen molar-refractivity contribution in [2.24, 2.45) is 0 Å². The lowest BCUT2D eigenvalue weighted by atomic mass is 9.82. The highest BCUT2D eigenvalue weighted by Crippen LogP contribution is 2.57. The van der Waals surface area contributed by atoms with Gasteiger partial charge in [-0.3, -0.25) is 0 Å². The first kappa shape index (κ1) is 34.5. The summed E-state index contributed by atoms with van der Waals surface area (Å²) in [5.74, 6) is 0. The van der Waals surface area contributed by atoms with E-state index in [-0.39, 0.29) is 10.8 Å². The highest BCUT2D eigenvalue weighted by molar-refractivity contribution is 6.20. The number of aromatic nitrogens is 2. The molecule has 2 heterocycles. The van der Waals surface area contributed by atoms with Gasteiger partial charge in [-0.2, -0.15) is 5.26 Å². The van der Waals surface area contributed by atoms with E-state index >= 15 is 0 Å². The zero-order valence-corrected chi connectivity index (χ0v) is 34.9. The number of nitriles is 1. The Morgan fingerprint density at radius 3 is 1.31 bits per heavy atom. The molecule has 0 spiro atoms. The molecule has 0 saturated heterocycles. The van der Waals surface area contributed by atoms with Crippen LogP contribution in [0, 0.1) is 18.3 Å². The van der Waals surface area contributed by atoms with Gasteiger partial charge in [-0.1, -0.05) is 161 Å². The van der Waals surface area contributed by atoms with Crippen LogP contribution in [0.2, 0.25) is 0 Å². The van der Waals surface area contributed by atoms with Crippen LogP contribution in [0.15, 0.2) is 158 Å². The third-order valence-electron chi connectivity index (χ3n) is 14.6. The van der Waals surface area contributed by atoms with Crippen LogP contribution in [0.5, 0.6) is 0 Å². The summed E-state index contributed by atoms with van der Waals surface area (Å²) in [6.07, 6.45) is 0. The van der Waals surface area contributed by atoms with Crippen LogP contribution in [0.25, 0.3) is 98.8 Å². The predicted molar refractivity (Wildman–Crippen MR) is 255 cm³/mol. The molecule has 0 N–H and O–H groups in total. The number of aryl methyl sites for hydroxylation is 1. The van der Waals surface area contributed by atoms with Crippen LogP contribution in [0.1, 0.15) is 61.1 Å². The Labute approximate surface area is 354 Å². The number of benzene rings is 9. The molecular formula is C58H41N3.